The summed E-state index contributed by atoms with van der Waals surface area (Å²) >= 11 is 0. The number of furan rings is 1. The average molecular weight is 474 g/mol. The monoisotopic (exact) mass is 474 g/mol. The largest absolute Gasteiger partial charge is 0.467 e. The third-order valence-corrected chi connectivity index (χ3v) is 4.20. The fourth-order valence-electron chi connectivity index (χ4n) is 2.89. The molecule has 0 bridgehead atoms. The normalized spacial score (nSPS) is 18.0. The molecule has 2 atom stereocenters. The predicted molar refractivity (Wildman–Crippen MR) is 110 cm³/mol. The first-order chi connectivity index (χ1) is 12.2. The maximum absolute atomic E-state index is 10.1. The van der Waals surface area contributed by atoms with E-state index in [9.17, 15) is 5.11 Å². The minimum Gasteiger partial charge on any atom is -0.467 e. The van der Waals surface area contributed by atoms with Gasteiger partial charge in [0.25, 0.3) is 0 Å². The van der Waals surface area contributed by atoms with E-state index in [1.54, 1.807) is 18.4 Å². The van der Waals surface area contributed by atoms with E-state index in [1.807, 2.05) is 11.6 Å². The molecule has 0 saturated carbocycles. The summed E-state index contributed by atoms with van der Waals surface area (Å²) in [5.74, 6) is 3.18. The molecule has 3 N–H and O–H groups in total. The highest BCUT2D eigenvalue weighted by atomic mass is 127. The Hall–Kier alpha value is -1.62. The number of aliphatic hydroxyl groups is 1. The first kappa shape index (κ1) is 20.7. The van der Waals surface area contributed by atoms with Crippen molar-refractivity contribution in [1.29, 1.82) is 0 Å². The molecule has 0 aromatic carbocycles. The molecule has 0 saturated heterocycles. The molecule has 0 aliphatic carbocycles. The van der Waals surface area contributed by atoms with E-state index in [0.717, 1.165) is 44.0 Å². The lowest BCUT2D eigenvalue weighted by Crippen LogP contribution is -2.47. The SMILES string of the molecule is CCNC(=NCC(O)c1ccco1)NC1CCc2nc(CC)nn2C1.I. The molecular weight excluding hydrogens is 447 g/mol. The van der Waals surface area contributed by atoms with Crippen molar-refractivity contribution in [2.45, 2.75) is 51.8 Å². The summed E-state index contributed by atoms with van der Waals surface area (Å²) in [5, 5.41) is 21.3. The Kier molecular flexibility index (Phi) is 7.88. The Bertz CT molecular complexity index is 700. The zero-order valence-corrected chi connectivity index (χ0v) is 17.5. The van der Waals surface area contributed by atoms with Gasteiger partial charge in [-0.25, -0.2) is 9.67 Å². The van der Waals surface area contributed by atoms with Crippen molar-refractivity contribution in [3.63, 3.8) is 0 Å². The van der Waals surface area contributed by atoms with Crippen LogP contribution in [0.5, 0.6) is 0 Å². The van der Waals surface area contributed by atoms with Crippen LogP contribution in [-0.2, 0) is 19.4 Å². The van der Waals surface area contributed by atoms with Crippen LogP contribution in [0.4, 0.5) is 0 Å². The van der Waals surface area contributed by atoms with Crippen molar-refractivity contribution in [1.82, 2.24) is 25.4 Å². The first-order valence-electron chi connectivity index (χ1n) is 8.88. The number of aromatic nitrogens is 3. The van der Waals surface area contributed by atoms with E-state index in [2.05, 4.69) is 32.6 Å². The molecule has 0 spiro atoms. The van der Waals surface area contributed by atoms with Gasteiger partial charge in [0.1, 0.15) is 17.7 Å². The molecule has 8 nitrogen and oxygen atoms in total. The number of hydrogen-bond acceptors (Lipinski definition) is 5. The summed E-state index contributed by atoms with van der Waals surface area (Å²) in [6, 6.07) is 3.74. The van der Waals surface area contributed by atoms with Gasteiger partial charge in [0.2, 0.25) is 0 Å². The minimum absolute atomic E-state index is 0. The fourth-order valence-corrected chi connectivity index (χ4v) is 2.89. The standard InChI is InChI=1S/C17H26N6O2.HI/c1-3-15-21-16-8-7-12(11-23(16)22-15)20-17(18-4-2)19-10-13(24)14-6-5-9-25-14;/h5-6,9,12-13,24H,3-4,7-8,10-11H2,1-2H3,(H2,18,19,20);1H. The van der Waals surface area contributed by atoms with Gasteiger partial charge in [-0.15, -0.1) is 24.0 Å². The second-order valence-electron chi connectivity index (χ2n) is 6.11. The van der Waals surface area contributed by atoms with Gasteiger partial charge in [0.15, 0.2) is 11.8 Å². The molecule has 0 amide bonds. The molecule has 2 unspecified atom stereocenters. The van der Waals surface area contributed by atoms with Crippen LogP contribution in [0.15, 0.2) is 27.8 Å². The zero-order valence-electron chi connectivity index (χ0n) is 15.2. The van der Waals surface area contributed by atoms with Crippen LogP contribution in [0, 0.1) is 0 Å². The summed E-state index contributed by atoms with van der Waals surface area (Å²) in [5.41, 5.74) is 0. The van der Waals surface area contributed by atoms with E-state index in [0.29, 0.717) is 11.7 Å². The average Bonchev–Trinajstić information content (AvgIpc) is 3.28. The first-order valence-corrected chi connectivity index (χ1v) is 8.88. The lowest BCUT2D eigenvalue weighted by molar-refractivity contribution is 0.158. The van der Waals surface area contributed by atoms with E-state index in [-0.39, 0.29) is 36.6 Å². The number of guanidine groups is 1. The number of aliphatic hydroxyl groups excluding tert-OH is 1. The number of hydrogen-bond donors (Lipinski definition) is 3. The van der Waals surface area contributed by atoms with Crippen LogP contribution in [0.1, 0.15) is 43.8 Å². The third kappa shape index (κ3) is 5.19. The molecule has 144 valence electrons. The molecular formula is C17H27IN6O2. The Balaban J connectivity index is 0.00000243. The molecule has 2 aromatic rings. The van der Waals surface area contributed by atoms with Crippen molar-refractivity contribution in [2.75, 3.05) is 13.1 Å². The summed E-state index contributed by atoms with van der Waals surface area (Å²) in [7, 11) is 0. The smallest absolute Gasteiger partial charge is 0.191 e. The van der Waals surface area contributed by atoms with Gasteiger partial charge in [0.05, 0.1) is 19.4 Å². The van der Waals surface area contributed by atoms with Crippen LogP contribution in [0.3, 0.4) is 0 Å². The number of nitrogens with one attached hydrogen (secondary N) is 2. The van der Waals surface area contributed by atoms with Gasteiger partial charge in [-0.05, 0) is 25.5 Å². The molecule has 3 rings (SSSR count). The molecule has 0 fully saturated rings. The fraction of sp³-hybridized carbons (Fsp3) is 0.588. The number of halogens is 1. The lowest BCUT2D eigenvalue weighted by Gasteiger charge is -2.25. The van der Waals surface area contributed by atoms with Crippen LogP contribution >= 0.6 is 24.0 Å². The summed E-state index contributed by atoms with van der Waals surface area (Å²) in [6.07, 6.45) is 3.54. The maximum atomic E-state index is 10.1. The highest BCUT2D eigenvalue weighted by Gasteiger charge is 2.22. The summed E-state index contributed by atoms with van der Waals surface area (Å²) < 4.78 is 7.20. The summed E-state index contributed by atoms with van der Waals surface area (Å²) in [4.78, 5) is 9.02. The Morgan fingerprint density at radius 2 is 2.35 bits per heavy atom. The van der Waals surface area contributed by atoms with Crippen LogP contribution < -0.4 is 10.6 Å². The van der Waals surface area contributed by atoms with Gasteiger partial charge < -0.3 is 20.2 Å². The molecule has 1 aliphatic heterocycles. The number of aliphatic imine (C=N–C) groups is 1. The van der Waals surface area contributed by atoms with Gasteiger partial charge in [0, 0.05) is 25.4 Å². The number of nitrogens with zero attached hydrogens (tertiary/aromatic N) is 4. The van der Waals surface area contributed by atoms with Crippen LogP contribution in [0.25, 0.3) is 0 Å². The molecule has 1 aliphatic rings. The molecule has 3 heterocycles. The number of rotatable bonds is 6. The van der Waals surface area contributed by atoms with Gasteiger partial charge in [-0.3, -0.25) is 4.99 Å². The van der Waals surface area contributed by atoms with Gasteiger partial charge >= 0.3 is 0 Å². The van der Waals surface area contributed by atoms with Crippen molar-refractivity contribution in [3.8, 4) is 0 Å². The maximum Gasteiger partial charge on any atom is 0.191 e. The second-order valence-corrected chi connectivity index (χ2v) is 6.11. The Morgan fingerprint density at radius 3 is 3.04 bits per heavy atom. The molecule has 0 radical (unpaired) electrons. The third-order valence-electron chi connectivity index (χ3n) is 4.20. The van der Waals surface area contributed by atoms with Crippen molar-refractivity contribution in [3.05, 3.63) is 35.8 Å². The van der Waals surface area contributed by atoms with Crippen molar-refractivity contribution >= 4 is 29.9 Å². The van der Waals surface area contributed by atoms with Crippen LogP contribution in [0.2, 0.25) is 0 Å². The second kappa shape index (κ2) is 9.91. The molecule has 2 aromatic heterocycles. The minimum atomic E-state index is -0.745. The topological polar surface area (TPSA) is 100 Å². The van der Waals surface area contributed by atoms with Gasteiger partial charge in [-0.1, -0.05) is 6.92 Å². The van der Waals surface area contributed by atoms with Gasteiger partial charge in [-0.2, -0.15) is 5.10 Å². The number of aryl methyl sites for hydroxylation is 2. The molecule has 9 heteroatoms. The Labute approximate surface area is 170 Å². The molecule has 26 heavy (non-hydrogen) atoms. The highest BCUT2D eigenvalue weighted by Crippen LogP contribution is 2.14. The predicted octanol–water partition coefficient (Wildman–Crippen LogP) is 1.65. The Morgan fingerprint density at radius 1 is 1.50 bits per heavy atom. The van der Waals surface area contributed by atoms with E-state index in [4.69, 9.17) is 4.42 Å². The van der Waals surface area contributed by atoms with Crippen molar-refractivity contribution < 1.29 is 9.52 Å². The van der Waals surface area contributed by atoms with Crippen molar-refractivity contribution in [2.24, 2.45) is 4.99 Å². The lowest BCUT2D eigenvalue weighted by atomic mass is 10.1. The van der Waals surface area contributed by atoms with E-state index in [1.165, 1.54) is 0 Å². The summed E-state index contributed by atoms with van der Waals surface area (Å²) in [6.45, 7) is 5.85. The highest BCUT2D eigenvalue weighted by molar-refractivity contribution is 14.0. The quantitative estimate of drug-likeness (QED) is 0.335. The number of fused-ring (bicyclic) bond motifs is 1. The van der Waals surface area contributed by atoms with E-state index >= 15 is 0 Å². The van der Waals surface area contributed by atoms with Crippen LogP contribution in [-0.4, -0.2) is 45.0 Å². The van der Waals surface area contributed by atoms with E-state index < -0.39 is 6.10 Å². The zero-order chi connectivity index (χ0) is 17.6.